The minimum Gasteiger partial charge on any atom is -0.491 e. The molecule has 1 saturated carbocycles. The Labute approximate surface area is 122 Å². The number of likely N-dealkylation sites (N-methyl/N-ethyl adjacent to an activating group) is 1. The fourth-order valence-electron chi connectivity index (χ4n) is 2.45. The maximum Gasteiger partial charge on any atom is 0.123 e. The molecule has 0 radical (unpaired) electrons. The summed E-state index contributed by atoms with van der Waals surface area (Å²) >= 11 is 0. The largest absolute Gasteiger partial charge is 0.491 e. The van der Waals surface area contributed by atoms with E-state index in [-0.39, 0.29) is 6.10 Å². The number of nitrogens with zero attached hydrogens (tertiary/aromatic N) is 1. The summed E-state index contributed by atoms with van der Waals surface area (Å²) in [5, 5.41) is 3.44. The van der Waals surface area contributed by atoms with E-state index >= 15 is 0 Å². The molecule has 3 N–H and O–H groups in total. The molecule has 112 valence electrons. The summed E-state index contributed by atoms with van der Waals surface area (Å²) in [6, 6.07) is 6.67. The molecule has 4 heteroatoms. The summed E-state index contributed by atoms with van der Waals surface area (Å²) in [6.07, 6.45) is 2.88. The molecule has 2 rings (SSSR count). The van der Waals surface area contributed by atoms with Crippen molar-refractivity contribution in [3.63, 3.8) is 0 Å². The highest BCUT2D eigenvalue weighted by molar-refractivity contribution is 5.59. The van der Waals surface area contributed by atoms with Crippen LogP contribution in [0.25, 0.3) is 0 Å². The monoisotopic (exact) mass is 277 g/mol. The highest BCUT2D eigenvalue weighted by Gasteiger charge is 2.27. The van der Waals surface area contributed by atoms with Gasteiger partial charge in [0.05, 0.1) is 6.10 Å². The van der Waals surface area contributed by atoms with Gasteiger partial charge < -0.3 is 15.8 Å². The molecule has 1 fully saturated rings. The van der Waals surface area contributed by atoms with Crippen LogP contribution in [0.5, 0.6) is 5.75 Å². The van der Waals surface area contributed by atoms with Crippen LogP contribution >= 0.6 is 0 Å². The Balaban J connectivity index is 1.86. The number of hydrogen-bond donors (Lipinski definition) is 2. The van der Waals surface area contributed by atoms with Gasteiger partial charge in [-0.1, -0.05) is 6.92 Å². The molecule has 0 atom stereocenters. The van der Waals surface area contributed by atoms with E-state index in [0.29, 0.717) is 0 Å². The third kappa shape index (κ3) is 4.60. The van der Waals surface area contributed by atoms with Gasteiger partial charge in [0.1, 0.15) is 5.75 Å². The zero-order chi connectivity index (χ0) is 14.5. The van der Waals surface area contributed by atoms with Crippen LogP contribution in [-0.4, -0.2) is 36.7 Å². The lowest BCUT2D eigenvalue weighted by Gasteiger charge is -2.20. The average Bonchev–Trinajstić information content (AvgIpc) is 3.17. The van der Waals surface area contributed by atoms with E-state index in [1.54, 1.807) is 0 Å². The molecule has 20 heavy (non-hydrogen) atoms. The second-order valence-corrected chi connectivity index (χ2v) is 5.74. The molecule has 4 nitrogen and oxygen atoms in total. The highest BCUT2D eigenvalue weighted by Crippen LogP contribution is 2.26. The number of rotatable bonds is 8. The molecule has 0 saturated heterocycles. The predicted octanol–water partition coefficient (Wildman–Crippen LogP) is 2.95. The number of hydrogen-bond acceptors (Lipinski definition) is 4. The summed E-state index contributed by atoms with van der Waals surface area (Å²) in [5.41, 5.74) is 7.69. The van der Waals surface area contributed by atoms with Crippen molar-refractivity contribution in [3.8, 4) is 5.75 Å². The van der Waals surface area contributed by atoms with Gasteiger partial charge in [0, 0.05) is 42.6 Å². The Bertz CT molecular complexity index is 430. The van der Waals surface area contributed by atoms with Crippen LogP contribution in [0, 0.1) is 0 Å². The van der Waals surface area contributed by atoms with Crippen molar-refractivity contribution in [2.75, 3.05) is 30.7 Å². The van der Waals surface area contributed by atoms with E-state index in [1.165, 1.54) is 12.8 Å². The van der Waals surface area contributed by atoms with Crippen LogP contribution < -0.4 is 15.8 Å². The van der Waals surface area contributed by atoms with E-state index in [0.717, 1.165) is 42.8 Å². The summed E-state index contributed by atoms with van der Waals surface area (Å²) in [5.74, 6) is 0.831. The molecule has 1 aromatic carbocycles. The van der Waals surface area contributed by atoms with Crippen molar-refractivity contribution in [1.82, 2.24) is 4.90 Å². The van der Waals surface area contributed by atoms with Crippen LogP contribution in [0.1, 0.15) is 33.6 Å². The van der Waals surface area contributed by atoms with Crippen LogP contribution in [0.15, 0.2) is 18.2 Å². The minimum absolute atomic E-state index is 0.162. The Hall–Kier alpha value is -1.42. The molecule has 0 amide bonds. The Morgan fingerprint density at radius 2 is 2.10 bits per heavy atom. The lowest BCUT2D eigenvalue weighted by atomic mass is 10.2. The first kappa shape index (κ1) is 15.0. The van der Waals surface area contributed by atoms with Gasteiger partial charge in [-0.3, -0.25) is 4.90 Å². The fourth-order valence-corrected chi connectivity index (χ4v) is 2.45. The molecular formula is C16H27N3O. The first-order chi connectivity index (χ1) is 9.58. The summed E-state index contributed by atoms with van der Waals surface area (Å²) in [4.78, 5) is 2.53. The molecular weight excluding hydrogens is 250 g/mol. The number of nitrogen functional groups attached to an aromatic ring is 1. The van der Waals surface area contributed by atoms with Crippen molar-refractivity contribution >= 4 is 11.4 Å². The summed E-state index contributed by atoms with van der Waals surface area (Å²) in [7, 11) is 0. The number of benzene rings is 1. The lowest BCUT2D eigenvalue weighted by molar-refractivity contribution is 0.242. The van der Waals surface area contributed by atoms with E-state index in [2.05, 4.69) is 17.1 Å². The Kier molecular flexibility index (Phi) is 5.12. The normalized spacial score (nSPS) is 14.8. The molecule has 1 aliphatic rings. The molecule has 0 heterocycles. The summed E-state index contributed by atoms with van der Waals surface area (Å²) in [6.45, 7) is 9.42. The van der Waals surface area contributed by atoms with Crippen LogP contribution in [0.2, 0.25) is 0 Å². The molecule has 0 bridgehead atoms. The number of ether oxygens (including phenoxy) is 1. The SMILES string of the molecule is CCN(CCNc1cc(N)cc(OC(C)C)c1)C1CC1. The van der Waals surface area contributed by atoms with Gasteiger partial charge in [-0.15, -0.1) is 0 Å². The van der Waals surface area contributed by atoms with Gasteiger partial charge in [-0.05, 0) is 39.3 Å². The Morgan fingerprint density at radius 1 is 1.35 bits per heavy atom. The third-order valence-electron chi connectivity index (χ3n) is 3.50. The smallest absolute Gasteiger partial charge is 0.123 e. The van der Waals surface area contributed by atoms with Gasteiger partial charge in [0.2, 0.25) is 0 Å². The third-order valence-corrected chi connectivity index (χ3v) is 3.50. The van der Waals surface area contributed by atoms with Crippen LogP contribution in [-0.2, 0) is 0 Å². The van der Waals surface area contributed by atoms with Crippen LogP contribution in [0.3, 0.4) is 0 Å². The highest BCUT2D eigenvalue weighted by atomic mass is 16.5. The number of nitrogens with one attached hydrogen (secondary N) is 1. The predicted molar refractivity (Wildman–Crippen MR) is 85.4 cm³/mol. The van der Waals surface area contributed by atoms with Gasteiger partial charge in [-0.25, -0.2) is 0 Å². The minimum atomic E-state index is 0.162. The van der Waals surface area contributed by atoms with Gasteiger partial charge >= 0.3 is 0 Å². The molecule has 0 spiro atoms. The first-order valence-electron chi connectivity index (χ1n) is 7.63. The second-order valence-electron chi connectivity index (χ2n) is 5.74. The van der Waals surface area contributed by atoms with E-state index < -0.39 is 0 Å². The quantitative estimate of drug-likeness (QED) is 0.717. The molecule has 1 aliphatic carbocycles. The fraction of sp³-hybridized carbons (Fsp3) is 0.625. The lowest BCUT2D eigenvalue weighted by Crippen LogP contribution is -2.30. The zero-order valence-electron chi connectivity index (χ0n) is 12.9. The number of nitrogens with two attached hydrogens (primary N) is 1. The zero-order valence-corrected chi connectivity index (χ0v) is 12.9. The maximum absolute atomic E-state index is 5.92. The maximum atomic E-state index is 5.92. The van der Waals surface area contributed by atoms with E-state index in [9.17, 15) is 0 Å². The van der Waals surface area contributed by atoms with Crippen molar-refractivity contribution in [1.29, 1.82) is 0 Å². The second kappa shape index (κ2) is 6.84. The summed E-state index contributed by atoms with van der Waals surface area (Å²) < 4.78 is 5.70. The van der Waals surface area contributed by atoms with Gasteiger partial charge in [0.25, 0.3) is 0 Å². The van der Waals surface area contributed by atoms with Crippen LogP contribution in [0.4, 0.5) is 11.4 Å². The van der Waals surface area contributed by atoms with Gasteiger partial charge in [0.15, 0.2) is 0 Å². The topological polar surface area (TPSA) is 50.5 Å². The van der Waals surface area contributed by atoms with Crippen molar-refractivity contribution < 1.29 is 4.74 Å². The number of anilines is 2. The molecule has 0 aromatic heterocycles. The van der Waals surface area contributed by atoms with E-state index in [1.807, 2.05) is 32.0 Å². The first-order valence-corrected chi connectivity index (χ1v) is 7.63. The van der Waals surface area contributed by atoms with E-state index in [4.69, 9.17) is 10.5 Å². The molecule has 0 unspecified atom stereocenters. The molecule has 0 aliphatic heterocycles. The van der Waals surface area contributed by atoms with Gasteiger partial charge in [-0.2, -0.15) is 0 Å². The van der Waals surface area contributed by atoms with Crippen molar-refractivity contribution in [3.05, 3.63) is 18.2 Å². The van der Waals surface area contributed by atoms with Crippen molar-refractivity contribution in [2.24, 2.45) is 0 Å². The van der Waals surface area contributed by atoms with Crippen molar-refractivity contribution in [2.45, 2.75) is 45.8 Å². The molecule has 1 aromatic rings. The average molecular weight is 277 g/mol. The Morgan fingerprint density at radius 3 is 2.70 bits per heavy atom. The standard InChI is InChI=1S/C16H27N3O/c1-4-19(15-5-6-15)8-7-18-14-9-13(17)10-16(11-14)20-12(2)3/h9-12,15,18H,4-8,17H2,1-3H3.